The molecule has 0 aromatic heterocycles. The largest absolute Gasteiger partial charge is 0.508 e. The molecule has 4 aliphatic heterocycles. The van der Waals surface area contributed by atoms with Gasteiger partial charge in [0.1, 0.15) is 29.7 Å². The molecule has 1 unspecified atom stereocenters. The molecule has 272 valence electrons. The molecule has 2 amide bonds. The predicted octanol–water partition coefficient (Wildman–Crippen LogP) is 4.58. The number of ether oxygens (including phenoxy) is 2. The molecule has 3 atom stereocenters. The number of carbonyl (C=O) groups excluding carboxylic acids is 2. The average molecular weight is 700 g/mol. The fourth-order valence-electron chi connectivity index (χ4n) is 8.72. The molecule has 51 heavy (non-hydrogen) atoms. The van der Waals surface area contributed by atoms with Crippen LogP contribution in [0.4, 0.5) is 11.4 Å². The summed E-state index contributed by atoms with van der Waals surface area (Å²) in [5.74, 6) is 0.690. The minimum Gasteiger partial charge on any atom is -0.508 e. The van der Waals surface area contributed by atoms with E-state index in [1.807, 2.05) is 54.6 Å². The monoisotopic (exact) mass is 699 g/mol. The van der Waals surface area contributed by atoms with Crippen LogP contribution in [-0.4, -0.2) is 83.7 Å². The van der Waals surface area contributed by atoms with Crippen LogP contribution < -0.4 is 20.7 Å². The second-order valence-electron chi connectivity index (χ2n) is 15.0. The van der Waals surface area contributed by atoms with Crippen molar-refractivity contribution in [3.05, 3.63) is 83.4 Å². The van der Waals surface area contributed by atoms with Gasteiger partial charge in [0.2, 0.25) is 5.91 Å². The Morgan fingerprint density at radius 2 is 1.78 bits per heavy atom. The highest BCUT2D eigenvalue weighted by Crippen LogP contribution is 2.43. The Kier molecular flexibility index (Phi) is 10.6. The summed E-state index contributed by atoms with van der Waals surface area (Å²) in [4.78, 5) is 24.8. The van der Waals surface area contributed by atoms with E-state index in [-0.39, 0.29) is 42.7 Å². The summed E-state index contributed by atoms with van der Waals surface area (Å²) in [5.41, 5.74) is 2.44. The fraction of sp³-hybridized carbons (Fsp3) is 0.500. The number of rotatable bonds is 14. The minimum atomic E-state index is -0.967. The first kappa shape index (κ1) is 35.4. The molecule has 3 aromatic rings. The lowest BCUT2D eigenvalue weighted by Crippen LogP contribution is -2.65. The molecule has 4 heterocycles. The van der Waals surface area contributed by atoms with E-state index in [4.69, 9.17) is 9.47 Å². The zero-order valence-corrected chi connectivity index (χ0v) is 29.2. The number of aromatic hydroxyl groups is 1. The van der Waals surface area contributed by atoms with Gasteiger partial charge in [-0.05, 0) is 48.1 Å². The Balaban J connectivity index is 0.874. The van der Waals surface area contributed by atoms with Crippen LogP contribution in [0.1, 0.15) is 67.7 Å². The number of piperidine rings is 3. The molecule has 4 fully saturated rings. The van der Waals surface area contributed by atoms with Gasteiger partial charge in [-0.15, -0.1) is 0 Å². The molecule has 0 spiro atoms. The maximum Gasteiger partial charge on any atom is 0.262 e. The first-order valence-corrected chi connectivity index (χ1v) is 18.5. The third-order valence-electron chi connectivity index (χ3n) is 11.7. The Morgan fingerprint density at radius 1 is 1.04 bits per heavy atom. The van der Waals surface area contributed by atoms with Gasteiger partial charge < -0.3 is 45.2 Å². The Labute approximate surface area is 299 Å². The molecule has 2 bridgehead atoms. The lowest BCUT2D eigenvalue weighted by Gasteiger charge is -2.52. The first-order chi connectivity index (χ1) is 24.7. The van der Waals surface area contributed by atoms with Crippen LogP contribution in [0.15, 0.2) is 66.7 Å². The maximum atomic E-state index is 13.1. The number of anilines is 2. The second-order valence-corrected chi connectivity index (χ2v) is 15.0. The maximum absolute atomic E-state index is 13.1. The van der Waals surface area contributed by atoms with E-state index < -0.39 is 11.7 Å². The van der Waals surface area contributed by atoms with Crippen molar-refractivity contribution >= 4 is 23.2 Å². The van der Waals surface area contributed by atoms with Crippen molar-refractivity contribution < 1.29 is 38.9 Å². The van der Waals surface area contributed by atoms with Crippen molar-refractivity contribution in [2.75, 3.05) is 56.6 Å². The first-order valence-electron chi connectivity index (χ1n) is 18.5. The Morgan fingerprint density at radius 3 is 2.53 bits per heavy atom. The summed E-state index contributed by atoms with van der Waals surface area (Å²) in [6.45, 7) is 4.66. The number of aliphatic hydroxyl groups excluding tert-OH is 1. The van der Waals surface area contributed by atoms with Gasteiger partial charge in [-0.25, -0.2) is 0 Å². The minimum absolute atomic E-state index is 0.00537. The third-order valence-corrected chi connectivity index (χ3v) is 11.7. The zero-order valence-electron chi connectivity index (χ0n) is 29.2. The highest BCUT2D eigenvalue weighted by molar-refractivity contribution is 5.96. The van der Waals surface area contributed by atoms with Crippen molar-refractivity contribution in [1.82, 2.24) is 5.32 Å². The zero-order chi connectivity index (χ0) is 35.4. The molecule has 11 heteroatoms. The molecular formula is C40H51N4O7+. The van der Waals surface area contributed by atoms with Crippen molar-refractivity contribution in [3.8, 4) is 11.5 Å². The molecule has 8 rings (SSSR count). The number of phenolic OH excluding ortho intramolecular Hbond substituents is 1. The van der Waals surface area contributed by atoms with Gasteiger partial charge in [0.05, 0.1) is 44.5 Å². The van der Waals surface area contributed by atoms with E-state index in [1.54, 1.807) is 0 Å². The van der Waals surface area contributed by atoms with Gasteiger partial charge in [-0.1, -0.05) is 55.3 Å². The van der Waals surface area contributed by atoms with Gasteiger partial charge in [0.15, 0.2) is 6.61 Å². The number of aliphatic hydroxyl groups is 2. The Hall–Kier alpha value is -4.00. The quantitative estimate of drug-likeness (QED) is 0.134. The van der Waals surface area contributed by atoms with Crippen LogP contribution in [0.25, 0.3) is 0 Å². The molecule has 11 nitrogen and oxygen atoms in total. The van der Waals surface area contributed by atoms with E-state index in [9.17, 15) is 24.9 Å². The Bertz CT molecular complexity index is 1670. The number of hydrogen-bond donors (Lipinski definition) is 6. The normalized spacial score (nSPS) is 24.6. The summed E-state index contributed by atoms with van der Waals surface area (Å²) in [6, 6.07) is 20.5. The summed E-state index contributed by atoms with van der Waals surface area (Å²) in [7, 11) is 0. The molecule has 1 saturated carbocycles. The summed E-state index contributed by atoms with van der Waals surface area (Å²) >= 11 is 0. The number of quaternary nitrogens is 1. The van der Waals surface area contributed by atoms with Crippen LogP contribution in [0, 0.1) is 11.8 Å². The average Bonchev–Trinajstić information content (AvgIpc) is 3.70. The van der Waals surface area contributed by atoms with E-state index in [0.29, 0.717) is 42.5 Å². The molecule has 5 aliphatic rings. The van der Waals surface area contributed by atoms with Gasteiger partial charge >= 0.3 is 0 Å². The molecule has 3 saturated heterocycles. The highest BCUT2D eigenvalue weighted by atomic mass is 16.5. The molecule has 3 aromatic carbocycles. The third kappa shape index (κ3) is 8.08. The van der Waals surface area contributed by atoms with Crippen LogP contribution in [-0.2, 0) is 26.5 Å². The number of fused-ring (bicyclic) bond motifs is 4. The summed E-state index contributed by atoms with van der Waals surface area (Å²) in [5, 5.41) is 41.8. The number of hydrogen-bond acceptors (Lipinski definition) is 8. The lowest BCUT2D eigenvalue weighted by atomic mass is 9.80. The lowest BCUT2D eigenvalue weighted by molar-refractivity contribution is -0.946. The van der Waals surface area contributed by atoms with E-state index in [1.165, 1.54) is 12.1 Å². The van der Waals surface area contributed by atoms with Crippen LogP contribution in [0.3, 0.4) is 0 Å². The number of nitrogens with zero attached hydrogens (tertiary/aromatic N) is 1. The molecular weight excluding hydrogens is 648 g/mol. The van der Waals surface area contributed by atoms with Gasteiger partial charge in [-0.3, -0.25) is 9.59 Å². The molecule has 6 N–H and O–H groups in total. The van der Waals surface area contributed by atoms with Gasteiger partial charge in [0.25, 0.3) is 5.91 Å². The van der Waals surface area contributed by atoms with Crippen LogP contribution in [0.5, 0.6) is 11.5 Å². The molecule has 1 aliphatic carbocycles. The van der Waals surface area contributed by atoms with Crippen LogP contribution >= 0.6 is 0 Å². The summed E-state index contributed by atoms with van der Waals surface area (Å²) < 4.78 is 13.1. The number of nitrogens with one attached hydrogen (secondary N) is 3. The molecule has 0 radical (unpaired) electrons. The standard InChI is InChI=1S/C40H50N4O7/c45-32-20-33(39-34(21-32)43-38(48)25-50-39)35(46)23-41-22-27-10-12-31(13-11-27)42-37(47)16-19-44-17-14-28(15-18-44)36(24-44)51-26-40(49,30-8-4-5-9-30)29-6-2-1-3-7-29/h1-3,6-7,10-13,20-21,28,30,35-36,41,46,49H,4-5,8-9,14-19,22-26H2,(H2-,42,43,45,47,48)/p+1/t28?,35-,36-,40?,44?/m0/s1. The van der Waals surface area contributed by atoms with Crippen molar-refractivity contribution in [3.63, 3.8) is 0 Å². The van der Waals surface area contributed by atoms with E-state index in [2.05, 4.69) is 16.0 Å². The van der Waals surface area contributed by atoms with Gasteiger partial charge in [0, 0.05) is 49.2 Å². The topological polar surface area (TPSA) is 149 Å². The summed E-state index contributed by atoms with van der Waals surface area (Å²) in [6.07, 6.45) is 6.12. The van der Waals surface area contributed by atoms with Crippen molar-refractivity contribution in [2.45, 2.75) is 69.3 Å². The number of carbonyl (C=O) groups is 2. The van der Waals surface area contributed by atoms with E-state index >= 15 is 0 Å². The number of amides is 2. The van der Waals surface area contributed by atoms with E-state index in [0.717, 1.165) is 86.0 Å². The SMILES string of the molecule is O=C(CC[N+]12CCC(CC1)[C@@H](OCC(O)(c1ccccc1)C1CCCC1)C2)Nc1ccc(CNC[C@H](O)c2cc(O)cc3c2OCC(=O)N3)cc1. The smallest absolute Gasteiger partial charge is 0.262 e. The number of phenols is 1. The van der Waals surface area contributed by atoms with Crippen molar-refractivity contribution in [2.24, 2.45) is 11.8 Å². The number of benzene rings is 3. The van der Waals surface area contributed by atoms with Crippen molar-refractivity contribution in [1.29, 1.82) is 0 Å². The fourth-order valence-corrected chi connectivity index (χ4v) is 8.72. The highest BCUT2D eigenvalue weighted by Gasteiger charge is 2.48. The second kappa shape index (κ2) is 15.3. The van der Waals surface area contributed by atoms with Crippen LogP contribution in [0.2, 0.25) is 0 Å². The van der Waals surface area contributed by atoms with Gasteiger partial charge in [-0.2, -0.15) is 0 Å². The predicted molar refractivity (Wildman–Crippen MR) is 193 cm³/mol.